The van der Waals surface area contributed by atoms with Gasteiger partial charge >= 0.3 is 0 Å². The van der Waals surface area contributed by atoms with Gasteiger partial charge in [0.1, 0.15) is 5.75 Å². The van der Waals surface area contributed by atoms with Gasteiger partial charge in [-0.3, -0.25) is 0 Å². The molecule has 0 amide bonds. The Morgan fingerprint density at radius 3 is 2.45 bits per heavy atom. The van der Waals surface area contributed by atoms with Crippen LogP contribution in [0.1, 0.15) is 32.6 Å². The van der Waals surface area contributed by atoms with E-state index in [-0.39, 0.29) is 11.0 Å². The number of benzene rings is 1. The summed E-state index contributed by atoms with van der Waals surface area (Å²) in [5, 5.41) is 0. The molecule has 0 aliphatic heterocycles. The van der Waals surface area contributed by atoms with Crippen LogP contribution in [0.2, 0.25) is 0 Å². The van der Waals surface area contributed by atoms with Crippen LogP contribution in [0.25, 0.3) is 0 Å². The number of nitrogens with one attached hydrogen (secondary N) is 1. The Balaban J connectivity index is 2.10. The van der Waals surface area contributed by atoms with Crippen LogP contribution in [0, 0.1) is 5.92 Å². The Kier molecular flexibility index (Phi) is 4.55. The summed E-state index contributed by atoms with van der Waals surface area (Å²) in [4.78, 5) is 0.155. The van der Waals surface area contributed by atoms with E-state index in [0.717, 1.165) is 31.6 Å². The summed E-state index contributed by atoms with van der Waals surface area (Å²) in [6.45, 7) is 2.25. The van der Waals surface area contributed by atoms with E-state index in [0.29, 0.717) is 11.4 Å². The zero-order valence-electron chi connectivity index (χ0n) is 11.9. The second-order valence-electron chi connectivity index (χ2n) is 5.41. The maximum absolute atomic E-state index is 11.7. The quantitative estimate of drug-likeness (QED) is 0.834. The predicted octanol–water partition coefficient (Wildman–Crippen LogP) is 2.13. The normalized spacial score (nSPS) is 23.5. The highest BCUT2D eigenvalue weighted by Crippen LogP contribution is 2.31. The fourth-order valence-corrected chi connectivity index (χ4v) is 3.21. The van der Waals surface area contributed by atoms with E-state index in [9.17, 15) is 8.42 Å². The Hall–Kier alpha value is -1.27. The molecule has 2 rings (SSSR count). The van der Waals surface area contributed by atoms with Crippen LogP contribution in [-0.4, -0.2) is 21.6 Å². The molecular formula is C14H22N2O3S. The third-order valence-electron chi connectivity index (χ3n) is 3.82. The monoisotopic (exact) mass is 298 g/mol. The molecule has 1 aliphatic carbocycles. The number of nitrogens with two attached hydrogens (primary N) is 1. The fraction of sp³-hybridized carbons (Fsp3) is 0.571. The summed E-state index contributed by atoms with van der Waals surface area (Å²) in [6, 6.07) is 4.59. The van der Waals surface area contributed by atoms with E-state index < -0.39 is 10.0 Å². The van der Waals surface area contributed by atoms with Crippen molar-refractivity contribution in [2.75, 3.05) is 12.8 Å². The van der Waals surface area contributed by atoms with Crippen LogP contribution >= 0.6 is 0 Å². The van der Waals surface area contributed by atoms with Crippen molar-refractivity contribution in [2.45, 2.75) is 43.6 Å². The summed E-state index contributed by atoms with van der Waals surface area (Å²) in [5.41, 5.74) is 6.26. The van der Waals surface area contributed by atoms with Gasteiger partial charge in [-0.25, -0.2) is 13.1 Å². The molecule has 1 fully saturated rings. The third kappa shape index (κ3) is 3.43. The average Bonchev–Trinajstić information content (AvgIpc) is 2.43. The number of hydrogen-bond acceptors (Lipinski definition) is 4. The minimum absolute atomic E-state index is 0.155. The van der Waals surface area contributed by atoms with Gasteiger partial charge in [-0.05, 0) is 56.8 Å². The third-order valence-corrected chi connectivity index (χ3v) is 5.23. The molecular weight excluding hydrogens is 276 g/mol. The fourth-order valence-electron chi connectivity index (χ4n) is 2.45. The van der Waals surface area contributed by atoms with Crippen molar-refractivity contribution in [3.05, 3.63) is 18.2 Å². The minimum atomic E-state index is -3.46. The van der Waals surface area contributed by atoms with E-state index >= 15 is 0 Å². The molecule has 0 aromatic heterocycles. The lowest BCUT2D eigenvalue weighted by Crippen LogP contribution is -2.23. The number of ether oxygens (including phenoxy) is 1. The first-order valence-corrected chi connectivity index (χ1v) is 8.40. The van der Waals surface area contributed by atoms with E-state index in [1.165, 1.54) is 19.2 Å². The lowest BCUT2D eigenvalue weighted by molar-refractivity contribution is 0.136. The van der Waals surface area contributed by atoms with Crippen LogP contribution in [0.15, 0.2) is 23.1 Å². The van der Waals surface area contributed by atoms with Crippen LogP contribution in [0.4, 0.5) is 5.69 Å². The van der Waals surface area contributed by atoms with Crippen LogP contribution in [-0.2, 0) is 10.0 Å². The van der Waals surface area contributed by atoms with Crippen molar-refractivity contribution in [1.29, 1.82) is 0 Å². The van der Waals surface area contributed by atoms with Gasteiger partial charge in [0.25, 0.3) is 0 Å². The molecule has 0 unspecified atom stereocenters. The Morgan fingerprint density at radius 1 is 1.25 bits per heavy atom. The summed E-state index contributed by atoms with van der Waals surface area (Å²) >= 11 is 0. The molecule has 0 atom stereocenters. The van der Waals surface area contributed by atoms with Gasteiger partial charge in [-0.15, -0.1) is 0 Å². The highest BCUT2D eigenvalue weighted by atomic mass is 32.2. The van der Waals surface area contributed by atoms with Gasteiger partial charge < -0.3 is 10.5 Å². The second kappa shape index (κ2) is 6.01. The molecule has 6 heteroatoms. The topological polar surface area (TPSA) is 81.4 Å². The SMILES string of the molecule is CNS(=O)(=O)c1ccc(OC2CCC(C)CC2)c(N)c1. The molecule has 112 valence electrons. The number of rotatable bonds is 4. The molecule has 0 saturated heterocycles. The molecule has 1 aromatic rings. The van der Waals surface area contributed by atoms with Gasteiger partial charge in [-0.1, -0.05) is 6.92 Å². The maximum atomic E-state index is 11.7. The van der Waals surface area contributed by atoms with Crippen molar-refractivity contribution in [3.63, 3.8) is 0 Å². The molecule has 0 radical (unpaired) electrons. The van der Waals surface area contributed by atoms with Gasteiger partial charge in [0.2, 0.25) is 10.0 Å². The molecule has 1 saturated carbocycles. The summed E-state index contributed by atoms with van der Waals surface area (Å²) in [6.07, 6.45) is 4.56. The Morgan fingerprint density at radius 2 is 1.90 bits per heavy atom. The Bertz CT molecular complexity index is 564. The smallest absolute Gasteiger partial charge is 0.240 e. The Labute approximate surface area is 120 Å². The zero-order chi connectivity index (χ0) is 14.8. The number of nitrogen functional groups attached to an aromatic ring is 1. The lowest BCUT2D eigenvalue weighted by Gasteiger charge is -2.27. The van der Waals surface area contributed by atoms with Gasteiger partial charge in [-0.2, -0.15) is 0 Å². The van der Waals surface area contributed by atoms with E-state index in [1.807, 2.05) is 0 Å². The minimum Gasteiger partial charge on any atom is -0.488 e. The lowest BCUT2D eigenvalue weighted by atomic mass is 9.89. The van der Waals surface area contributed by atoms with Crippen molar-refractivity contribution in [2.24, 2.45) is 5.92 Å². The van der Waals surface area contributed by atoms with E-state index in [4.69, 9.17) is 10.5 Å². The van der Waals surface area contributed by atoms with Gasteiger partial charge in [0, 0.05) is 0 Å². The van der Waals surface area contributed by atoms with Gasteiger partial charge in [0.15, 0.2) is 0 Å². The number of hydrogen-bond donors (Lipinski definition) is 2. The molecule has 3 N–H and O–H groups in total. The molecule has 0 bridgehead atoms. The largest absolute Gasteiger partial charge is 0.488 e. The average molecular weight is 298 g/mol. The first-order chi connectivity index (χ1) is 9.42. The molecule has 5 nitrogen and oxygen atoms in total. The summed E-state index contributed by atoms with van der Waals surface area (Å²) < 4.78 is 31.5. The molecule has 0 heterocycles. The maximum Gasteiger partial charge on any atom is 0.240 e. The van der Waals surface area contributed by atoms with Crippen LogP contribution in [0.5, 0.6) is 5.75 Å². The van der Waals surface area contributed by atoms with Crippen LogP contribution in [0.3, 0.4) is 0 Å². The second-order valence-corrected chi connectivity index (χ2v) is 7.29. The molecule has 0 spiro atoms. The van der Waals surface area contributed by atoms with Crippen LogP contribution < -0.4 is 15.2 Å². The standard InChI is InChI=1S/C14H22N2O3S/c1-10-3-5-11(6-4-10)19-14-8-7-12(9-13(14)15)20(17,18)16-2/h7-11,16H,3-6,15H2,1-2H3. The first kappa shape index (κ1) is 15.1. The van der Waals surface area contributed by atoms with E-state index in [1.54, 1.807) is 6.07 Å². The van der Waals surface area contributed by atoms with Gasteiger partial charge in [0.05, 0.1) is 16.7 Å². The zero-order valence-corrected chi connectivity index (χ0v) is 12.7. The van der Waals surface area contributed by atoms with E-state index in [2.05, 4.69) is 11.6 Å². The van der Waals surface area contributed by atoms with Crippen molar-refractivity contribution >= 4 is 15.7 Å². The van der Waals surface area contributed by atoms with Crippen molar-refractivity contribution < 1.29 is 13.2 Å². The highest BCUT2D eigenvalue weighted by molar-refractivity contribution is 7.89. The highest BCUT2D eigenvalue weighted by Gasteiger charge is 2.21. The molecule has 1 aliphatic rings. The number of sulfonamides is 1. The summed E-state index contributed by atoms with van der Waals surface area (Å²) in [7, 11) is -2.09. The summed E-state index contributed by atoms with van der Waals surface area (Å²) in [5.74, 6) is 1.33. The number of anilines is 1. The van der Waals surface area contributed by atoms with Crippen molar-refractivity contribution in [1.82, 2.24) is 4.72 Å². The predicted molar refractivity (Wildman–Crippen MR) is 79.1 cm³/mol. The molecule has 1 aromatic carbocycles. The first-order valence-electron chi connectivity index (χ1n) is 6.92. The van der Waals surface area contributed by atoms with Crippen molar-refractivity contribution in [3.8, 4) is 5.75 Å². The molecule has 20 heavy (non-hydrogen) atoms.